The van der Waals surface area contributed by atoms with Gasteiger partial charge in [0, 0.05) is 9.79 Å². The molecule has 0 unspecified atom stereocenters. The largest absolute Gasteiger partial charge is 0.508 e. The molecule has 2 nitrogen and oxygen atoms in total. The number of rotatable bonds is 3. The minimum atomic E-state index is 0.274. The van der Waals surface area contributed by atoms with Gasteiger partial charge in [-0.25, -0.2) is 0 Å². The van der Waals surface area contributed by atoms with Crippen molar-refractivity contribution in [3.8, 4) is 11.5 Å². The van der Waals surface area contributed by atoms with Crippen molar-refractivity contribution in [2.45, 2.75) is 23.6 Å². The molecular formula is C14H14O2S2. The zero-order valence-corrected chi connectivity index (χ0v) is 11.8. The average Bonchev–Trinajstić information content (AvgIpc) is 2.34. The Morgan fingerprint density at radius 2 is 1.11 bits per heavy atom. The Kier molecular flexibility index (Phi) is 4.09. The van der Waals surface area contributed by atoms with Crippen LogP contribution < -0.4 is 0 Å². The predicted octanol–water partition coefficient (Wildman–Crippen LogP) is 4.51. The molecule has 0 spiro atoms. The summed E-state index contributed by atoms with van der Waals surface area (Å²) < 4.78 is 0. The molecule has 4 heteroatoms. The Morgan fingerprint density at radius 1 is 0.722 bits per heavy atom. The lowest BCUT2D eigenvalue weighted by atomic mass is 10.2. The van der Waals surface area contributed by atoms with Crippen LogP contribution in [0.25, 0.3) is 0 Å². The van der Waals surface area contributed by atoms with Crippen molar-refractivity contribution in [1.29, 1.82) is 0 Å². The van der Waals surface area contributed by atoms with E-state index in [-0.39, 0.29) is 11.5 Å². The molecule has 2 aromatic carbocycles. The van der Waals surface area contributed by atoms with Crippen LogP contribution in [0.3, 0.4) is 0 Å². The van der Waals surface area contributed by atoms with E-state index >= 15 is 0 Å². The quantitative estimate of drug-likeness (QED) is 0.810. The number of hydrogen-bond donors (Lipinski definition) is 2. The lowest BCUT2D eigenvalue weighted by Crippen LogP contribution is -1.79. The second kappa shape index (κ2) is 5.59. The van der Waals surface area contributed by atoms with Gasteiger partial charge in [-0.1, -0.05) is 33.7 Å². The Balaban J connectivity index is 2.16. The summed E-state index contributed by atoms with van der Waals surface area (Å²) in [4.78, 5) is 2.06. The van der Waals surface area contributed by atoms with E-state index in [9.17, 15) is 10.2 Å². The van der Waals surface area contributed by atoms with E-state index in [1.54, 1.807) is 45.9 Å². The molecule has 0 saturated heterocycles. The van der Waals surface area contributed by atoms with Crippen LogP contribution in [-0.2, 0) is 0 Å². The van der Waals surface area contributed by atoms with Crippen molar-refractivity contribution in [1.82, 2.24) is 0 Å². The summed E-state index contributed by atoms with van der Waals surface area (Å²) in [6.07, 6.45) is 0. The number of phenols is 2. The van der Waals surface area contributed by atoms with Crippen LogP contribution in [0.1, 0.15) is 11.1 Å². The molecule has 0 aliphatic heterocycles. The minimum absolute atomic E-state index is 0.274. The van der Waals surface area contributed by atoms with Gasteiger partial charge in [-0.2, -0.15) is 0 Å². The Bertz CT molecular complexity index is 516. The van der Waals surface area contributed by atoms with Gasteiger partial charge >= 0.3 is 0 Å². The number of benzene rings is 2. The summed E-state index contributed by atoms with van der Waals surface area (Å²) in [6, 6.07) is 10.7. The monoisotopic (exact) mass is 278 g/mol. The van der Waals surface area contributed by atoms with E-state index in [0.29, 0.717) is 0 Å². The maximum Gasteiger partial charge on any atom is 0.116 e. The third-order valence-electron chi connectivity index (χ3n) is 2.56. The molecular weight excluding hydrogens is 264 g/mol. The van der Waals surface area contributed by atoms with Crippen molar-refractivity contribution < 1.29 is 10.2 Å². The molecule has 0 radical (unpaired) electrons. The Labute approximate surface area is 114 Å². The molecule has 94 valence electrons. The summed E-state index contributed by atoms with van der Waals surface area (Å²) >= 11 is 0. The first-order chi connectivity index (χ1) is 8.56. The van der Waals surface area contributed by atoms with E-state index in [1.807, 2.05) is 26.0 Å². The molecule has 0 aliphatic rings. The van der Waals surface area contributed by atoms with Crippen LogP contribution in [0.15, 0.2) is 46.2 Å². The normalized spacial score (nSPS) is 10.6. The van der Waals surface area contributed by atoms with Crippen molar-refractivity contribution in [2.24, 2.45) is 0 Å². The lowest BCUT2D eigenvalue weighted by molar-refractivity contribution is 0.473. The van der Waals surface area contributed by atoms with Crippen molar-refractivity contribution in [2.75, 3.05) is 0 Å². The molecule has 0 amide bonds. The van der Waals surface area contributed by atoms with E-state index in [0.717, 1.165) is 20.9 Å². The second-order valence-electron chi connectivity index (χ2n) is 4.07. The molecule has 2 aromatic rings. The maximum absolute atomic E-state index is 9.47. The van der Waals surface area contributed by atoms with Crippen molar-refractivity contribution in [3.05, 3.63) is 47.5 Å². The predicted molar refractivity (Wildman–Crippen MR) is 77.4 cm³/mol. The third-order valence-corrected chi connectivity index (χ3v) is 5.21. The van der Waals surface area contributed by atoms with Crippen LogP contribution in [0.5, 0.6) is 11.5 Å². The second-order valence-corrected chi connectivity index (χ2v) is 6.28. The smallest absolute Gasteiger partial charge is 0.116 e. The Hall–Kier alpha value is -1.26. The van der Waals surface area contributed by atoms with E-state index in [4.69, 9.17) is 0 Å². The maximum atomic E-state index is 9.47. The van der Waals surface area contributed by atoms with Gasteiger partial charge in [-0.05, 0) is 49.2 Å². The summed E-state index contributed by atoms with van der Waals surface area (Å²) in [6.45, 7) is 4.02. The highest BCUT2D eigenvalue weighted by Gasteiger charge is 2.05. The molecule has 0 atom stereocenters. The first-order valence-electron chi connectivity index (χ1n) is 5.50. The molecule has 0 aromatic heterocycles. The molecule has 0 bridgehead atoms. The highest BCUT2D eigenvalue weighted by atomic mass is 33.1. The topological polar surface area (TPSA) is 40.5 Å². The SMILES string of the molecule is Cc1ccc(O)cc1SSc1cc(O)ccc1C. The van der Waals surface area contributed by atoms with E-state index in [2.05, 4.69) is 0 Å². The van der Waals surface area contributed by atoms with Gasteiger partial charge in [0.1, 0.15) is 11.5 Å². The fourth-order valence-corrected chi connectivity index (χ4v) is 3.98. The zero-order valence-electron chi connectivity index (χ0n) is 10.2. The number of phenolic OH excluding ortho intramolecular Hbond substituents is 2. The fourth-order valence-electron chi connectivity index (χ4n) is 1.45. The Morgan fingerprint density at radius 3 is 1.50 bits per heavy atom. The summed E-state index contributed by atoms with van der Waals surface area (Å²) in [5.74, 6) is 0.549. The molecule has 2 N–H and O–H groups in total. The molecule has 0 fully saturated rings. The minimum Gasteiger partial charge on any atom is -0.508 e. The van der Waals surface area contributed by atoms with Crippen LogP contribution in [-0.4, -0.2) is 10.2 Å². The summed E-state index contributed by atoms with van der Waals surface area (Å²) in [5.41, 5.74) is 2.26. The van der Waals surface area contributed by atoms with Gasteiger partial charge in [0.2, 0.25) is 0 Å². The zero-order chi connectivity index (χ0) is 13.1. The van der Waals surface area contributed by atoms with Crippen LogP contribution in [0.4, 0.5) is 0 Å². The molecule has 2 rings (SSSR count). The standard InChI is InChI=1S/C14H14O2S2/c1-9-3-5-11(15)7-13(9)17-18-14-8-12(16)6-4-10(14)2/h3-8,15-16H,1-2H3. The fraction of sp³-hybridized carbons (Fsp3) is 0.143. The van der Waals surface area contributed by atoms with Gasteiger partial charge < -0.3 is 10.2 Å². The van der Waals surface area contributed by atoms with E-state index in [1.165, 1.54) is 0 Å². The molecule has 0 aliphatic carbocycles. The van der Waals surface area contributed by atoms with Crippen molar-refractivity contribution in [3.63, 3.8) is 0 Å². The molecule has 18 heavy (non-hydrogen) atoms. The highest BCUT2D eigenvalue weighted by Crippen LogP contribution is 2.42. The summed E-state index contributed by atoms with van der Waals surface area (Å²) in [5, 5.41) is 18.9. The molecule has 0 saturated carbocycles. The summed E-state index contributed by atoms with van der Waals surface area (Å²) in [7, 11) is 3.17. The highest BCUT2D eigenvalue weighted by molar-refractivity contribution is 8.76. The van der Waals surface area contributed by atoms with Crippen molar-refractivity contribution >= 4 is 21.6 Å². The van der Waals surface area contributed by atoms with Gasteiger partial charge in [-0.3, -0.25) is 0 Å². The number of hydrogen-bond acceptors (Lipinski definition) is 4. The lowest BCUT2D eigenvalue weighted by Gasteiger charge is -2.07. The van der Waals surface area contributed by atoms with Crippen LogP contribution >= 0.6 is 21.6 Å². The van der Waals surface area contributed by atoms with Crippen LogP contribution in [0, 0.1) is 13.8 Å². The average molecular weight is 278 g/mol. The molecule has 0 heterocycles. The van der Waals surface area contributed by atoms with Gasteiger partial charge in [0.05, 0.1) is 0 Å². The third kappa shape index (κ3) is 3.15. The van der Waals surface area contributed by atoms with E-state index < -0.39 is 0 Å². The number of aromatic hydroxyl groups is 2. The first kappa shape index (κ1) is 13.2. The van der Waals surface area contributed by atoms with Crippen LogP contribution in [0.2, 0.25) is 0 Å². The van der Waals surface area contributed by atoms with Gasteiger partial charge in [0.25, 0.3) is 0 Å². The van der Waals surface area contributed by atoms with Gasteiger partial charge in [-0.15, -0.1) is 0 Å². The number of aryl methyl sites for hydroxylation is 2. The first-order valence-corrected chi connectivity index (χ1v) is 7.65. The van der Waals surface area contributed by atoms with Gasteiger partial charge in [0.15, 0.2) is 0 Å².